The van der Waals surface area contributed by atoms with E-state index in [1.807, 2.05) is 0 Å². The predicted octanol–water partition coefficient (Wildman–Crippen LogP) is 14.5. The molecule has 0 saturated carbocycles. The van der Waals surface area contributed by atoms with Gasteiger partial charge in [-0.3, -0.25) is 0 Å². The molecule has 2 aliphatic rings. The molecule has 1 heterocycles. The number of hydrogen-bond donors (Lipinski definition) is 0. The Kier molecular flexibility index (Phi) is 6.98. The van der Waals surface area contributed by atoms with Crippen molar-refractivity contribution in [2.45, 2.75) is 38.5 Å². The van der Waals surface area contributed by atoms with Crippen molar-refractivity contribution in [2.24, 2.45) is 0 Å². The van der Waals surface area contributed by atoms with Crippen LogP contribution in [0.5, 0.6) is 0 Å². The number of nitrogens with zero attached hydrogens (tertiary/aromatic N) is 2. The average Bonchev–Trinajstić information content (AvgIpc) is 3.79. The molecule has 268 valence electrons. The fraction of sp³-hybridized carbons (Fsp3) is 0.111. The van der Waals surface area contributed by atoms with Gasteiger partial charge in [-0.2, -0.15) is 0 Å². The van der Waals surface area contributed by atoms with E-state index in [0.29, 0.717) is 0 Å². The summed E-state index contributed by atoms with van der Waals surface area (Å²) in [5.74, 6) is 0. The van der Waals surface area contributed by atoms with Crippen LogP contribution < -0.4 is 4.90 Å². The van der Waals surface area contributed by atoms with Gasteiger partial charge in [-0.1, -0.05) is 173 Å². The molecule has 0 spiro atoms. The van der Waals surface area contributed by atoms with Crippen LogP contribution in [0.2, 0.25) is 0 Å². The number of rotatable bonds is 5. The van der Waals surface area contributed by atoms with E-state index in [1.54, 1.807) is 0 Å². The molecule has 11 rings (SSSR count). The molecule has 0 atom stereocenters. The number of para-hydroxylation sites is 2. The molecule has 56 heavy (non-hydrogen) atoms. The minimum atomic E-state index is -0.229. The zero-order valence-electron chi connectivity index (χ0n) is 32.2. The number of aromatic nitrogens is 1. The predicted molar refractivity (Wildman–Crippen MR) is 236 cm³/mol. The van der Waals surface area contributed by atoms with Gasteiger partial charge in [-0.25, -0.2) is 0 Å². The molecule has 0 aliphatic heterocycles. The van der Waals surface area contributed by atoms with Crippen LogP contribution >= 0.6 is 0 Å². The Morgan fingerprint density at radius 3 is 1.68 bits per heavy atom. The lowest BCUT2D eigenvalue weighted by Crippen LogP contribution is -2.22. The maximum Gasteiger partial charge on any atom is 0.0709 e. The summed E-state index contributed by atoms with van der Waals surface area (Å²) in [4.78, 5) is 2.61. The van der Waals surface area contributed by atoms with E-state index in [-0.39, 0.29) is 10.8 Å². The molecule has 0 N–H and O–H groups in total. The summed E-state index contributed by atoms with van der Waals surface area (Å²) in [6.45, 7) is 9.56. The first-order chi connectivity index (χ1) is 27.3. The second-order valence-corrected chi connectivity index (χ2v) is 16.5. The third kappa shape index (κ3) is 4.50. The van der Waals surface area contributed by atoms with Crippen molar-refractivity contribution in [2.75, 3.05) is 4.90 Å². The first kappa shape index (κ1) is 32.8. The van der Waals surface area contributed by atoms with Crippen LogP contribution in [-0.2, 0) is 10.8 Å². The fourth-order valence-corrected chi connectivity index (χ4v) is 10.2. The van der Waals surface area contributed by atoms with Gasteiger partial charge < -0.3 is 9.47 Å². The molecule has 0 radical (unpaired) electrons. The summed E-state index contributed by atoms with van der Waals surface area (Å²) in [6, 6.07) is 67.6. The summed E-state index contributed by atoms with van der Waals surface area (Å²) < 4.78 is 2.50. The molecule has 0 saturated heterocycles. The molecule has 2 aliphatic carbocycles. The van der Waals surface area contributed by atoms with Crippen LogP contribution in [0, 0.1) is 0 Å². The topological polar surface area (TPSA) is 8.17 Å². The minimum Gasteiger partial charge on any atom is -0.307 e. The van der Waals surface area contributed by atoms with Gasteiger partial charge in [0.15, 0.2) is 0 Å². The van der Waals surface area contributed by atoms with E-state index in [4.69, 9.17) is 0 Å². The van der Waals surface area contributed by atoms with Crippen molar-refractivity contribution in [3.8, 4) is 39.1 Å². The first-order valence-electron chi connectivity index (χ1n) is 19.8. The van der Waals surface area contributed by atoms with Crippen molar-refractivity contribution < 1.29 is 0 Å². The van der Waals surface area contributed by atoms with E-state index in [1.165, 1.54) is 88.8 Å². The maximum atomic E-state index is 2.61. The number of fused-ring (bicyclic) bond motifs is 9. The second kappa shape index (κ2) is 11.9. The Balaban J connectivity index is 1.30. The zero-order chi connectivity index (χ0) is 37.8. The van der Waals surface area contributed by atoms with Gasteiger partial charge in [-0.15, -0.1) is 0 Å². The minimum absolute atomic E-state index is 0.144. The highest BCUT2D eigenvalue weighted by Crippen LogP contribution is 2.58. The van der Waals surface area contributed by atoms with E-state index in [0.717, 1.165) is 11.4 Å². The van der Waals surface area contributed by atoms with Crippen LogP contribution in [0.4, 0.5) is 17.1 Å². The van der Waals surface area contributed by atoms with Gasteiger partial charge in [0.05, 0.1) is 33.8 Å². The van der Waals surface area contributed by atoms with Gasteiger partial charge in [0.25, 0.3) is 0 Å². The summed E-state index contributed by atoms with van der Waals surface area (Å²) in [5.41, 5.74) is 19.7. The summed E-state index contributed by atoms with van der Waals surface area (Å²) >= 11 is 0. The molecular formula is C54H42N2. The molecule has 2 heteroatoms. The molecule has 2 nitrogen and oxygen atoms in total. The van der Waals surface area contributed by atoms with E-state index in [2.05, 4.69) is 219 Å². The zero-order valence-corrected chi connectivity index (χ0v) is 32.2. The highest BCUT2D eigenvalue weighted by molar-refractivity contribution is 6.10. The van der Waals surface area contributed by atoms with Gasteiger partial charge >= 0.3 is 0 Å². The number of anilines is 3. The molecule has 0 unspecified atom stereocenters. The third-order valence-corrected chi connectivity index (χ3v) is 12.8. The van der Waals surface area contributed by atoms with Crippen LogP contribution in [0.3, 0.4) is 0 Å². The SMILES string of the molecule is CC1(C)c2ccccc2-c2c(N(c3ccc(-c4ccccc4)cc3-n3c4ccccc4c4ccccc43)c3cccc4c3C(C)(C)c3ccccc3-4)cccc21. The highest BCUT2D eigenvalue weighted by atomic mass is 15.2. The molecule has 0 amide bonds. The van der Waals surface area contributed by atoms with Crippen molar-refractivity contribution >= 4 is 38.9 Å². The molecule has 1 aromatic heterocycles. The summed E-state index contributed by atoms with van der Waals surface area (Å²) in [7, 11) is 0. The lowest BCUT2D eigenvalue weighted by atomic mass is 9.81. The smallest absolute Gasteiger partial charge is 0.0709 e. The van der Waals surface area contributed by atoms with Crippen molar-refractivity contribution in [1.82, 2.24) is 4.57 Å². The van der Waals surface area contributed by atoms with Crippen molar-refractivity contribution in [3.63, 3.8) is 0 Å². The van der Waals surface area contributed by atoms with Gasteiger partial charge in [0, 0.05) is 27.2 Å². The fourth-order valence-electron chi connectivity index (χ4n) is 10.2. The summed E-state index contributed by atoms with van der Waals surface area (Å²) in [5, 5.41) is 2.50. The van der Waals surface area contributed by atoms with Gasteiger partial charge in [0.2, 0.25) is 0 Å². The van der Waals surface area contributed by atoms with Crippen molar-refractivity contribution in [3.05, 3.63) is 204 Å². The Labute approximate surface area is 328 Å². The largest absolute Gasteiger partial charge is 0.307 e. The Morgan fingerprint density at radius 1 is 0.393 bits per heavy atom. The van der Waals surface area contributed by atoms with E-state index >= 15 is 0 Å². The van der Waals surface area contributed by atoms with E-state index < -0.39 is 0 Å². The average molecular weight is 719 g/mol. The van der Waals surface area contributed by atoms with E-state index in [9.17, 15) is 0 Å². The number of benzene rings is 8. The van der Waals surface area contributed by atoms with Crippen LogP contribution in [0.1, 0.15) is 49.9 Å². The molecule has 0 bridgehead atoms. The van der Waals surface area contributed by atoms with Gasteiger partial charge in [0.1, 0.15) is 0 Å². The second-order valence-electron chi connectivity index (χ2n) is 16.5. The lowest BCUT2D eigenvalue weighted by molar-refractivity contribution is 0.659. The first-order valence-corrected chi connectivity index (χ1v) is 19.8. The van der Waals surface area contributed by atoms with Crippen LogP contribution in [0.15, 0.2) is 182 Å². The monoisotopic (exact) mass is 718 g/mol. The Morgan fingerprint density at radius 2 is 0.946 bits per heavy atom. The number of hydrogen-bond acceptors (Lipinski definition) is 1. The maximum absolute atomic E-state index is 2.61. The highest BCUT2D eigenvalue weighted by Gasteiger charge is 2.42. The quantitative estimate of drug-likeness (QED) is 0.172. The van der Waals surface area contributed by atoms with Crippen LogP contribution in [0.25, 0.3) is 60.9 Å². The third-order valence-electron chi connectivity index (χ3n) is 12.8. The molecule has 0 fully saturated rings. The van der Waals surface area contributed by atoms with Crippen molar-refractivity contribution in [1.29, 1.82) is 0 Å². The van der Waals surface area contributed by atoms with Crippen LogP contribution in [-0.4, -0.2) is 4.57 Å². The summed E-state index contributed by atoms with van der Waals surface area (Å²) in [6.07, 6.45) is 0. The normalized spacial score (nSPS) is 14.4. The standard InChI is InChI=1S/C54H42N2/c1-53(2)43-26-13-9-23-41(43)51-44(53)27-17-30-48(51)56(49-31-16-24-40-37-20-8-12-25-42(37)54(3,4)52(40)49)47-33-32-36(35-18-6-5-7-19-35)34-50(47)55-45-28-14-10-21-38(45)39-22-11-15-29-46(39)55/h5-34H,1-4H3. The molecular weight excluding hydrogens is 677 g/mol. The van der Waals surface area contributed by atoms with Gasteiger partial charge in [-0.05, 0) is 86.5 Å². The lowest BCUT2D eigenvalue weighted by Gasteiger charge is -2.35. The molecule has 8 aromatic carbocycles. The molecule has 9 aromatic rings. The Bertz CT molecular complexity index is 2980. The Hall–Kier alpha value is -6.64.